The van der Waals surface area contributed by atoms with Crippen LogP contribution in [0.1, 0.15) is 31.0 Å². The highest BCUT2D eigenvalue weighted by molar-refractivity contribution is 5.46. The van der Waals surface area contributed by atoms with Crippen LogP contribution < -0.4 is 0 Å². The monoisotopic (exact) mass is 269 g/mol. The van der Waals surface area contributed by atoms with Crippen molar-refractivity contribution < 1.29 is 4.52 Å². The average Bonchev–Trinajstić information content (AvgIpc) is 3.12. The molecule has 1 atom stereocenters. The number of hydrogen-bond donors (Lipinski definition) is 0. The number of nitrogens with zero attached hydrogens (tertiary/aromatic N) is 5. The fourth-order valence-electron chi connectivity index (χ4n) is 2.06. The van der Waals surface area contributed by atoms with Crippen LogP contribution in [0.25, 0.3) is 11.5 Å². The van der Waals surface area contributed by atoms with Crippen molar-refractivity contribution in [2.24, 2.45) is 0 Å². The van der Waals surface area contributed by atoms with Crippen LogP contribution in [0.2, 0.25) is 0 Å². The number of rotatable bonds is 4. The molecule has 6 nitrogen and oxygen atoms in total. The van der Waals surface area contributed by atoms with Gasteiger partial charge in [-0.25, -0.2) is 0 Å². The molecule has 3 heterocycles. The smallest absolute Gasteiger partial charge is 0.250 e. The van der Waals surface area contributed by atoms with Gasteiger partial charge in [0.15, 0.2) is 0 Å². The molecule has 0 N–H and O–H groups in total. The van der Waals surface area contributed by atoms with E-state index >= 15 is 0 Å². The minimum atomic E-state index is 0.0460. The molecule has 3 rings (SSSR count). The molecular weight excluding hydrogens is 254 g/mol. The fraction of sp³-hybridized carbons (Fsp3) is 0.286. The molecule has 102 valence electrons. The summed E-state index contributed by atoms with van der Waals surface area (Å²) in [6.07, 6.45) is 4.85. The highest BCUT2D eigenvalue weighted by atomic mass is 16.5. The van der Waals surface area contributed by atoms with Gasteiger partial charge in [-0.3, -0.25) is 0 Å². The van der Waals surface area contributed by atoms with E-state index in [4.69, 9.17) is 4.52 Å². The van der Waals surface area contributed by atoms with Gasteiger partial charge in [-0.1, -0.05) is 12.1 Å². The van der Waals surface area contributed by atoms with Gasteiger partial charge in [0, 0.05) is 12.4 Å². The Bertz CT molecular complexity index is 672. The molecule has 3 aromatic heterocycles. The highest BCUT2D eigenvalue weighted by Crippen LogP contribution is 2.22. The van der Waals surface area contributed by atoms with Crippen molar-refractivity contribution in [2.45, 2.75) is 26.3 Å². The number of aromatic nitrogens is 5. The van der Waals surface area contributed by atoms with Gasteiger partial charge >= 0.3 is 0 Å². The summed E-state index contributed by atoms with van der Waals surface area (Å²) < 4.78 is 7.43. The van der Waals surface area contributed by atoms with Gasteiger partial charge in [0.2, 0.25) is 11.7 Å². The van der Waals surface area contributed by atoms with E-state index in [2.05, 4.69) is 31.8 Å². The Morgan fingerprint density at radius 3 is 2.65 bits per heavy atom. The minimum Gasteiger partial charge on any atom is -0.342 e. The van der Waals surface area contributed by atoms with Gasteiger partial charge in [-0.15, -0.1) is 5.10 Å². The Balaban J connectivity index is 1.91. The lowest BCUT2D eigenvalue weighted by molar-refractivity contribution is 0.333. The normalized spacial score (nSPS) is 12.5. The first-order valence-corrected chi connectivity index (χ1v) is 6.54. The quantitative estimate of drug-likeness (QED) is 0.728. The van der Waals surface area contributed by atoms with E-state index in [0.717, 1.165) is 12.1 Å². The van der Waals surface area contributed by atoms with E-state index in [1.54, 1.807) is 0 Å². The Morgan fingerprint density at radius 2 is 2.00 bits per heavy atom. The average molecular weight is 269 g/mol. The van der Waals surface area contributed by atoms with E-state index in [9.17, 15) is 0 Å². The fourth-order valence-corrected chi connectivity index (χ4v) is 2.06. The molecule has 0 saturated heterocycles. The topological polar surface area (TPSA) is 69.6 Å². The number of aryl methyl sites for hydroxylation is 1. The molecule has 0 saturated carbocycles. The first-order valence-electron chi connectivity index (χ1n) is 6.54. The molecule has 0 aliphatic heterocycles. The molecule has 0 radical (unpaired) electrons. The predicted octanol–water partition coefficient (Wildman–Crippen LogP) is 2.64. The zero-order chi connectivity index (χ0) is 13.9. The maximum atomic E-state index is 5.38. The summed E-state index contributed by atoms with van der Waals surface area (Å²) in [5, 5.41) is 12.1. The van der Waals surface area contributed by atoms with Gasteiger partial charge in [-0.2, -0.15) is 10.1 Å². The Hall–Kier alpha value is -2.50. The standard InChI is InChI=1S/C14H15N5O/c1-3-12(19-8-4-5-9-19)14-15-13(18-20-14)11-7-6-10(2)16-17-11/h4-9,12H,3H2,1-2H3/t12-/m0/s1. The van der Waals surface area contributed by atoms with Gasteiger partial charge in [0.1, 0.15) is 11.7 Å². The summed E-state index contributed by atoms with van der Waals surface area (Å²) in [5.74, 6) is 1.05. The molecule has 0 aromatic carbocycles. The van der Waals surface area contributed by atoms with Crippen LogP contribution in [0.3, 0.4) is 0 Å². The van der Waals surface area contributed by atoms with E-state index in [0.29, 0.717) is 17.4 Å². The third-order valence-corrected chi connectivity index (χ3v) is 3.13. The summed E-state index contributed by atoms with van der Waals surface area (Å²) in [4.78, 5) is 4.44. The molecular formula is C14H15N5O. The second-order valence-electron chi connectivity index (χ2n) is 4.57. The lowest BCUT2D eigenvalue weighted by Gasteiger charge is -2.11. The molecule has 0 fully saturated rings. The van der Waals surface area contributed by atoms with Crippen molar-refractivity contribution in [3.63, 3.8) is 0 Å². The maximum Gasteiger partial charge on any atom is 0.250 e. The summed E-state index contributed by atoms with van der Waals surface area (Å²) in [6.45, 7) is 3.97. The van der Waals surface area contributed by atoms with Crippen LogP contribution in [0, 0.1) is 6.92 Å². The number of hydrogen-bond acceptors (Lipinski definition) is 5. The predicted molar refractivity (Wildman–Crippen MR) is 72.9 cm³/mol. The Morgan fingerprint density at radius 1 is 1.20 bits per heavy atom. The molecule has 0 bridgehead atoms. The maximum absolute atomic E-state index is 5.38. The molecule has 0 aliphatic carbocycles. The van der Waals surface area contributed by atoms with Crippen molar-refractivity contribution in [1.82, 2.24) is 24.9 Å². The van der Waals surface area contributed by atoms with Gasteiger partial charge < -0.3 is 9.09 Å². The Labute approximate surface area is 116 Å². The van der Waals surface area contributed by atoms with E-state index in [1.807, 2.05) is 43.6 Å². The second kappa shape index (κ2) is 5.24. The van der Waals surface area contributed by atoms with Crippen LogP contribution in [-0.4, -0.2) is 24.9 Å². The largest absolute Gasteiger partial charge is 0.342 e. The van der Waals surface area contributed by atoms with E-state index in [-0.39, 0.29) is 6.04 Å². The zero-order valence-corrected chi connectivity index (χ0v) is 11.4. The SMILES string of the molecule is CC[C@@H](c1nc(-c2ccc(C)nn2)no1)n1cccc1. The minimum absolute atomic E-state index is 0.0460. The third kappa shape index (κ3) is 2.32. The van der Waals surface area contributed by atoms with Crippen LogP contribution in [-0.2, 0) is 0 Å². The molecule has 20 heavy (non-hydrogen) atoms. The summed E-state index contributed by atoms with van der Waals surface area (Å²) in [5.41, 5.74) is 1.48. The van der Waals surface area contributed by atoms with Crippen molar-refractivity contribution in [3.05, 3.63) is 48.2 Å². The van der Waals surface area contributed by atoms with Crippen LogP contribution in [0.5, 0.6) is 0 Å². The summed E-state index contributed by atoms with van der Waals surface area (Å²) >= 11 is 0. The molecule has 0 amide bonds. The first-order chi connectivity index (χ1) is 9.78. The van der Waals surface area contributed by atoms with E-state index in [1.165, 1.54) is 0 Å². The summed E-state index contributed by atoms with van der Waals surface area (Å²) in [6, 6.07) is 7.72. The molecule has 0 unspecified atom stereocenters. The van der Waals surface area contributed by atoms with Crippen molar-refractivity contribution in [2.75, 3.05) is 0 Å². The highest BCUT2D eigenvalue weighted by Gasteiger charge is 2.19. The third-order valence-electron chi connectivity index (χ3n) is 3.13. The zero-order valence-electron chi connectivity index (χ0n) is 11.4. The lowest BCUT2D eigenvalue weighted by Crippen LogP contribution is -2.07. The molecule has 6 heteroatoms. The molecule has 0 spiro atoms. The van der Waals surface area contributed by atoms with Crippen LogP contribution in [0.15, 0.2) is 41.2 Å². The van der Waals surface area contributed by atoms with E-state index < -0.39 is 0 Å². The first kappa shape index (κ1) is 12.5. The lowest BCUT2D eigenvalue weighted by atomic mass is 10.2. The second-order valence-corrected chi connectivity index (χ2v) is 4.57. The van der Waals surface area contributed by atoms with Gasteiger partial charge in [-0.05, 0) is 37.6 Å². The Kier molecular flexibility index (Phi) is 3.28. The molecule has 3 aromatic rings. The van der Waals surface area contributed by atoms with Crippen molar-refractivity contribution in [1.29, 1.82) is 0 Å². The van der Waals surface area contributed by atoms with Crippen LogP contribution in [0.4, 0.5) is 0 Å². The van der Waals surface area contributed by atoms with Crippen molar-refractivity contribution in [3.8, 4) is 11.5 Å². The van der Waals surface area contributed by atoms with Gasteiger partial charge in [0.25, 0.3) is 0 Å². The molecule has 0 aliphatic rings. The van der Waals surface area contributed by atoms with Gasteiger partial charge in [0.05, 0.1) is 5.69 Å². The van der Waals surface area contributed by atoms with Crippen molar-refractivity contribution >= 4 is 0 Å². The summed E-state index contributed by atoms with van der Waals surface area (Å²) in [7, 11) is 0. The van der Waals surface area contributed by atoms with Crippen LogP contribution >= 0.6 is 0 Å².